The van der Waals surface area contributed by atoms with Gasteiger partial charge in [-0.3, -0.25) is 4.79 Å². The number of anilines is 1. The number of hydrogen-bond acceptors (Lipinski definition) is 5. The molecule has 1 amide bonds. The number of nitrogens with one attached hydrogen (secondary N) is 1. The molecule has 1 atom stereocenters. The van der Waals surface area contributed by atoms with E-state index in [2.05, 4.69) is 4.83 Å². The summed E-state index contributed by atoms with van der Waals surface area (Å²) in [6.45, 7) is 8.15. The van der Waals surface area contributed by atoms with Crippen molar-refractivity contribution in [3.05, 3.63) is 58.9 Å². The first-order valence-electron chi connectivity index (χ1n) is 10.1. The van der Waals surface area contributed by atoms with Gasteiger partial charge >= 0.3 is 12.1 Å². The summed E-state index contributed by atoms with van der Waals surface area (Å²) in [5, 5.41) is 9.99. The highest BCUT2D eigenvalue weighted by Gasteiger charge is 2.47. The third-order valence-electron chi connectivity index (χ3n) is 5.00. The molecular formula is C23H23F4N3O3S. The van der Waals surface area contributed by atoms with Crippen LogP contribution in [0.4, 0.5) is 23.2 Å². The second kappa shape index (κ2) is 8.60. The van der Waals surface area contributed by atoms with Crippen LogP contribution in [0.15, 0.2) is 41.3 Å². The number of nitriles is 1. The van der Waals surface area contributed by atoms with Crippen LogP contribution >= 0.6 is 11.1 Å². The van der Waals surface area contributed by atoms with Gasteiger partial charge in [-0.05, 0) is 71.0 Å². The summed E-state index contributed by atoms with van der Waals surface area (Å²) in [6, 6.07) is 8.32. The molecule has 2 aromatic rings. The number of amides is 1. The largest absolute Gasteiger partial charge is 0.456 e. The van der Waals surface area contributed by atoms with Crippen LogP contribution in [0.2, 0.25) is 0 Å². The maximum Gasteiger partial charge on any atom is 0.417 e. The lowest BCUT2D eigenvalue weighted by atomic mass is 10.1. The summed E-state index contributed by atoms with van der Waals surface area (Å²) in [4.78, 5) is 28.6. The molecule has 1 saturated heterocycles. The molecule has 1 aliphatic heterocycles. The maximum atomic E-state index is 14.8. The molecule has 0 bridgehead atoms. The Kier molecular flexibility index (Phi) is 6.45. The molecule has 34 heavy (non-hydrogen) atoms. The summed E-state index contributed by atoms with van der Waals surface area (Å²) in [5.74, 6) is -2.19. The van der Waals surface area contributed by atoms with E-state index in [0.29, 0.717) is 4.90 Å². The first kappa shape index (κ1) is 25.5. The summed E-state index contributed by atoms with van der Waals surface area (Å²) in [5.41, 5.74) is -2.91. The minimum atomic E-state index is -4.79. The normalized spacial score (nSPS) is 19.1. The van der Waals surface area contributed by atoms with Crippen LogP contribution in [0, 0.1) is 17.1 Å². The van der Waals surface area contributed by atoms with Gasteiger partial charge in [0.05, 0.1) is 33.2 Å². The second-order valence-corrected chi connectivity index (χ2v) is 11.6. The third-order valence-corrected chi connectivity index (χ3v) is 7.51. The first-order chi connectivity index (χ1) is 15.6. The predicted molar refractivity (Wildman–Crippen MR) is 120 cm³/mol. The van der Waals surface area contributed by atoms with Gasteiger partial charge in [0, 0.05) is 4.90 Å². The number of thiol groups is 1. The lowest BCUT2D eigenvalue weighted by Crippen LogP contribution is -2.38. The van der Waals surface area contributed by atoms with E-state index < -0.39 is 56.4 Å². The van der Waals surface area contributed by atoms with Crippen LogP contribution < -0.4 is 9.84 Å². The van der Waals surface area contributed by atoms with Gasteiger partial charge in [-0.15, -0.1) is 11.1 Å². The quantitative estimate of drug-likeness (QED) is 0.343. The number of carbonyl (C=O) groups is 2. The fourth-order valence-corrected chi connectivity index (χ4v) is 5.51. The molecular weight excluding hydrogens is 474 g/mol. The minimum absolute atomic E-state index is 0.0970. The van der Waals surface area contributed by atoms with Crippen molar-refractivity contribution >= 4 is 28.6 Å². The molecule has 0 aromatic heterocycles. The Morgan fingerprint density at radius 2 is 1.79 bits per heavy atom. The number of hydrogen-bond donors (Lipinski definition) is 2. The number of carbonyl (C=O) groups excluding carboxylic acids is 2. The van der Waals surface area contributed by atoms with Crippen LogP contribution in [-0.2, 0) is 15.7 Å². The van der Waals surface area contributed by atoms with Crippen molar-refractivity contribution in [2.24, 2.45) is 0 Å². The average Bonchev–Trinajstić information content (AvgIpc) is 2.94. The number of esters is 1. The van der Waals surface area contributed by atoms with E-state index >= 15 is 0 Å². The van der Waals surface area contributed by atoms with Crippen molar-refractivity contribution in [2.75, 3.05) is 5.01 Å². The Hall–Kier alpha value is -3.10. The van der Waals surface area contributed by atoms with Gasteiger partial charge in [0.25, 0.3) is 5.91 Å². The molecule has 1 heterocycles. The molecule has 0 saturated carbocycles. The topological polar surface area (TPSA) is 82.4 Å². The zero-order valence-electron chi connectivity index (χ0n) is 19.0. The molecule has 11 heteroatoms. The zero-order valence-corrected chi connectivity index (χ0v) is 19.9. The maximum absolute atomic E-state index is 14.8. The van der Waals surface area contributed by atoms with Gasteiger partial charge in [0.1, 0.15) is 11.4 Å². The Morgan fingerprint density at radius 3 is 2.32 bits per heavy atom. The van der Waals surface area contributed by atoms with E-state index in [0.717, 1.165) is 23.2 Å². The van der Waals surface area contributed by atoms with Gasteiger partial charge in [-0.2, -0.15) is 23.3 Å². The van der Waals surface area contributed by atoms with Crippen LogP contribution in [0.3, 0.4) is 0 Å². The van der Waals surface area contributed by atoms with Crippen molar-refractivity contribution in [3.8, 4) is 6.07 Å². The Bertz CT molecular complexity index is 1200. The Labute approximate surface area is 196 Å². The highest BCUT2D eigenvalue weighted by Crippen LogP contribution is 2.51. The predicted octanol–water partition coefficient (Wildman–Crippen LogP) is 5.28. The fourth-order valence-electron chi connectivity index (χ4n) is 3.34. The molecule has 2 aromatic carbocycles. The second-order valence-electron chi connectivity index (χ2n) is 9.14. The first-order valence-corrected chi connectivity index (χ1v) is 11.5. The van der Waals surface area contributed by atoms with Gasteiger partial charge in [0.15, 0.2) is 0 Å². The van der Waals surface area contributed by atoms with Crippen molar-refractivity contribution in [2.45, 2.75) is 56.0 Å². The molecule has 0 aliphatic carbocycles. The van der Waals surface area contributed by atoms with Crippen LogP contribution in [0.25, 0.3) is 0 Å². The van der Waals surface area contributed by atoms with E-state index in [4.69, 9.17) is 10.00 Å². The smallest absolute Gasteiger partial charge is 0.417 e. The summed E-state index contributed by atoms with van der Waals surface area (Å²) in [6.07, 6.45) is -4.79. The molecule has 1 unspecified atom stereocenters. The number of nitrogens with zero attached hydrogens (tertiary/aromatic N) is 2. The molecule has 182 valence electrons. The fraction of sp³-hybridized carbons (Fsp3) is 0.348. The van der Waals surface area contributed by atoms with E-state index in [9.17, 15) is 27.2 Å². The lowest BCUT2D eigenvalue weighted by molar-refractivity contribution is -0.137. The van der Waals surface area contributed by atoms with Crippen molar-refractivity contribution < 1.29 is 31.9 Å². The van der Waals surface area contributed by atoms with E-state index in [1.807, 2.05) is 0 Å². The van der Waals surface area contributed by atoms with Gasteiger partial charge in [0.2, 0.25) is 0 Å². The van der Waals surface area contributed by atoms with Crippen molar-refractivity contribution in [3.63, 3.8) is 0 Å². The van der Waals surface area contributed by atoms with E-state index in [-0.39, 0.29) is 11.3 Å². The molecule has 0 radical (unpaired) electrons. The van der Waals surface area contributed by atoms with E-state index in [1.165, 1.54) is 24.3 Å². The van der Waals surface area contributed by atoms with Crippen LogP contribution in [0.1, 0.15) is 56.1 Å². The summed E-state index contributed by atoms with van der Waals surface area (Å²) in [7, 11) is 0. The molecule has 6 nitrogen and oxygen atoms in total. The number of alkyl halides is 3. The Morgan fingerprint density at radius 1 is 1.15 bits per heavy atom. The SMILES string of the molecule is CC(C)(C)OC(=O)c1ccc([SH]2NN(c3ccc(C#N)c(C(F)(F)F)c3)C(=O)C2(C)C)cc1F. The van der Waals surface area contributed by atoms with Gasteiger partial charge < -0.3 is 4.74 Å². The summed E-state index contributed by atoms with van der Waals surface area (Å²) >= 11 is -1.62. The van der Waals surface area contributed by atoms with Crippen molar-refractivity contribution in [1.29, 1.82) is 5.26 Å². The average molecular weight is 498 g/mol. The van der Waals surface area contributed by atoms with Crippen LogP contribution in [-0.4, -0.2) is 22.2 Å². The summed E-state index contributed by atoms with van der Waals surface area (Å²) < 4.78 is 59.1. The molecule has 1 aliphatic rings. The number of hydrazine groups is 1. The monoisotopic (exact) mass is 497 g/mol. The molecule has 3 rings (SSSR count). The van der Waals surface area contributed by atoms with Gasteiger partial charge in [-0.25, -0.2) is 14.2 Å². The highest BCUT2D eigenvalue weighted by atomic mass is 32.2. The molecule has 1 N–H and O–H groups in total. The Balaban J connectivity index is 1.96. The highest BCUT2D eigenvalue weighted by molar-refractivity contribution is 8.17. The van der Waals surface area contributed by atoms with Gasteiger partial charge in [-0.1, -0.05) is 0 Å². The minimum Gasteiger partial charge on any atom is -0.456 e. The standard InChI is InChI=1S/C23H23F4N3O3S/c1-21(2,3)33-19(31)16-9-8-15(11-18(16)24)34-22(4,5)20(32)30(29-34)14-7-6-13(12-28)17(10-14)23(25,26)27/h6-11,29,34H,1-5H3. The third kappa shape index (κ3) is 4.88. The van der Waals surface area contributed by atoms with Crippen molar-refractivity contribution in [1.82, 2.24) is 4.83 Å². The lowest BCUT2D eigenvalue weighted by Gasteiger charge is -2.27. The number of benzene rings is 2. The van der Waals surface area contributed by atoms with E-state index in [1.54, 1.807) is 34.6 Å². The van der Waals surface area contributed by atoms with Crippen LogP contribution in [0.5, 0.6) is 0 Å². The number of rotatable bonds is 3. The molecule has 0 spiro atoms. The zero-order chi connectivity index (χ0) is 25.6. The number of halogens is 4. The number of ether oxygens (including phenoxy) is 1. The molecule has 1 fully saturated rings.